The molecule has 0 unspecified atom stereocenters. The Hall–Kier alpha value is -0.780. The number of hydrogen-bond donors (Lipinski definition) is 0. The summed E-state index contributed by atoms with van der Waals surface area (Å²) in [5.41, 5.74) is 1.14. The third kappa shape index (κ3) is 5.16. The van der Waals surface area contributed by atoms with Crippen LogP contribution in [0.4, 0.5) is 13.2 Å². The van der Waals surface area contributed by atoms with Gasteiger partial charge in [0, 0.05) is 44.3 Å². The maximum atomic E-state index is 12.6. The number of nitrogens with zero attached hydrogens (tertiary/aromatic N) is 2. The van der Waals surface area contributed by atoms with Crippen LogP contribution in [0.5, 0.6) is 0 Å². The van der Waals surface area contributed by atoms with E-state index in [1.54, 1.807) is 0 Å². The molecule has 118 valence electrons. The Kier molecular flexibility index (Phi) is 5.52. The van der Waals surface area contributed by atoms with Crippen LogP contribution in [0.2, 0.25) is 5.02 Å². The Balaban J connectivity index is 1.78. The van der Waals surface area contributed by atoms with Crippen molar-refractivity contribution < 1.29 is 13.2 Å². The minimum atomic E-state index is -4.10. The highest BCUT2D eigenvalue weighted by Crippen LogP contribution is 2.26. The van der Waals surface area contributed by atoms with Crippen LogP contribution >= 0.6 is 11.6 Å². The minimum absolute atomic E-state index is 0.0918. The number of hydrogen-bond acceptors (Lipinski definition) is 2. The predicted molar refractivity (Wildman–Crippen MR) is 78.4 cm³/mol. The fraction of sp³-hybridized carbons (Fsp3) is 0.600. The van der Waals surface area contributed by atoms with Gasteiger partial charge in [0.25, 0.3) is 0 Å². The van der Waals surface area contributed by atoms with Crippen LogP contribution in [0, 0.1) is 5.92 Å². The van der Waals surface area contributed by atoms with Crippen molar-refractivity contribution in [2.75, 3.05) is 32.7 Å². The molecule has 0 aromatic heterocycles. The van der Waals surface area contributed by atoms with Gasteiger partial charge in [-0.25, -0.2) is 0 Å². The molecule has 2 nitrogen and oxygen atoms in total. The summed E-state index contributed by atoms with van der Waals surface area (Å²) in [6.07, 6.45) is -4.10. The van der Waals surface area contributed by atoms with Crippen molar-refractivity contribution in [1.82, 2.24) is 9.80 Å². The number of piperazine rings is 1. The lowest BCUT2D eigenvalue weighted by Gasteiger charge is -2.36. The minimum Gasteiger partial charge on any atom is -0.300 e. The molecular weight excluding hydrogens is 301 g/mol. The first-order valence-electron chi connectivity index (χ1n) is 7.10. The molecule has 1 heterocycles. The summed E-state index contributed by atoms with van der Waals surface area (Å²) in [5, 5.41) is 0.713. The van der Waals surface area contributed by atoms with E-state index < -0.39 is 12.1 Å². The van der Waals surface area contributed by atoms with Crippen LogP contribution in [0.25, 0.3) is 0 Å². The summed E-state index contributed by atoms with van der Waals surface area (Å²) >= 11 is 5.95. The highest BCUT2D eigenvalue weighted by molar-refractivity contribution is 6.30. The molecule has 0 N–H and O–H groups in total. The number of alkyl halides is 3. The van der Waals surface area contributed by atoms with Crippen molar-refractivity contribution >= 4 is 11.6 Å². The SMILES string of the molecule is C[C@H](CN1CCN(Cc2cccc(Cl)c2)CC1)C(F)(F)F. The van der Waals surface area contributed by atoms with Crippen LogP contribution < -0.4 is 0 Å². The van der Waals surface area contributed by atoms with Gasteiger partial charge in [-0.1, -0.05) is 30.7 Å². The number of rotatable bonds is 4. The first kappa shape index (κ1) is 16.6. The molecule has 1 aliphatic rings. The van der Waals surface area contributed by atoms with E-state index in [4.69, 9.17) is 11.6 Å². The third-order valence-corrected chi connectivity index (χ3v) is 4.09. The Labute approximate surface area is 128 Å². The average Bonchev–Trinajstić information content (AvgIpc) is 2.40. The van der Waals surface area contributed by atoms with Gasteiger partial charge in [-0.3, -0.25) is 4.90 Å². The standard InChI is InChI=1S/C15H20ClF3N2/c1-12(15(17,18)19)10-20-5-7-21(8-6-20)11-13-3-2-4-14(16)9-13/h2-4,9,12H,5-8,10-11H2,1H3/t12-/m1/s1. The van der Waals surface area contributed by atoms with Crippen molar-refractivity contribution in [2.45, 2.75) is 19.6 Å². The van der Waals surface area contributed by atoms with Crippen molar-refractivity contribution in [3.05, 3.63) is 34.9 Å². The van der Waals surface area contributed by atoms with E-state index in [2.05, 4.69) is 4.90 Å². The zero-order valence-corrected chi connectivity index (χ0v) is 12.8. The maximum Gasteiger partial charge on any atom is 0.392 e. The summed E-state index contributed by atoms with van der Waals surface area (Å²) in [5.74, 6) is -1.27. The van der Waals surface area contributed by atoms with Gasteiger partial charge in [0.15, 0.2) is 0 Å². The molecule has 1 aromatic carbocycles. The lowest BCUT2D eigenvalue weighted by atomic mass is 10.1. The van der Waals surface area contributed by atoms with E-state index in [0.717, 1.165) is 25.2 Å². The van der Waals surface area contributed by atoms with Crippen LogP contribution in [0.3, 0.4) is 0 Å². The molecule has 6 heteroatoms. The van der Waals surface area contributed by atoms with Gasteiger partial charge in [-0.15, -0.1) is 0 Å². The monoisotopic (exact) mass is 320 g/mol. The molecule has 2 rings (SSSR count). The predicted octanol–water partition coefficient (Wildman–Crippen LogP) is 3.66. The van der Waals surface area contributed by atoms with Crippen molar-refractivity contribution in [3.8, 4) is 0 Å². The smallest absolute Gasteiger partial charge is 0.300 e. The quantitative estimate of drug-likeness (QED) is 0.835. The Bertz CT molecular complexity index is 456. The van der Waals surface area contributed by atoms with Crippen LogP contribution in [-0.4, -0.2) is 48.7 Å². The van der Waals surface area contributed by atoms with Gasteiger partial charge in [0.05, 0.1) is 5.92 Å². The zero-order valence-electron chi connectivity index (χ0n) is 12.0. The van der Waals surface area contributed by atoms with Gasteiger partial charge < -0.3 is 4.90 Å². The van der Waals surface area contributed by atoms with Crippen LogP contribution in [0.1, 0.15) is 12.5 Å². The lowest BCUT2D eigenvalue weighted by molar-refractivity contribution is -0.174. The van der Waals surface area contributed by atoms with Crippen molar-refractivity contribution in [1.29, 1.82) is 0 Å². The van der Waals surface area contributed by atoms with Gasteiger partial charge in [0.2, 0.25) is 0 Å². The summed E-state index contributed by atoms with van der Waals surface area (Å²) in [4.78, 5) is 4.15. The Morgan fingerprint density at radius 1 is 1.14 bits per heavy atom. The largest absolute Gasteiger partial charge is 0.392 e. The van der Waals surface area contributed by atoms with Crippen molar-refractivity contribution in [2.24, 2.45) is 5.92 Å². The lowest BCUT2D eigenvalue weighted by Crippen LogP contribution is -2.48. The zero-order chi connectivity index (χ0) is 15.5. The Morgan fingerprint density at radius 3 is 2.33 bits per heavy atom. The van der Waals surface area contributed by atoms with E-state index in [9.17, 15) is 13.2 Å². The van der Waals surface area contributed by atoms with Crippen LogP contribution in [-0.2, 0) is 6.54 Å². The third-order valence-electron chi connectivity index (χ3n) is 3.85. The molecule has 1 saturated heterocycles. The molecule has 21 heavy (non-hydrogen) atoms. The summed E-state index contributed by atoms with van der Waals surface area (Å²) in [6, 6.07) is 7.70. The van der Waals surface area contributed by atoms with Crippen molar-refractivity contribution in [3.63, 3.8) is 0 Å². The second-order valence-electron chi connectivity index (χ2n) is 5.65. The highest BCUT2D eigenvalue weighted by atomic mass is 35.5. The van der Waals surface area contributed by atoms with E-state index in [1.165, 1.54) is 6.92 Å². The fourth-order valence-corrected chi connectivity index (χ4v) is 2.73. The maximum absolute atomic E-state index is 12.6. The summed E-state index contributed by atoms with van der Waals surface area (Å²) in [6.45, 7) is 5.08. The molecule has 0 radical (unpaired) electrons. The number of benzene rings is 1. The first-order valence-corrected chi connectivity index (χ1v) is 7.48. The molecular formula is C15H20ClF3N2. The molecule has 1 aliphatic heterocycles. The topological polar surface area (TPSA) is 6.48 Å². The second-order valence-corrected chi connectivity index (χ2v) is 6.09. The van der Waals surface area contributed by atoms with E-state index in [1.807, 2.05) is 29.2 Å². The average molecular weight is 321 g/mol. The fourth-order valence-electron chi connectivity index (χ4n) is 2.51. The first-order chi connectivity index (χ1) is 9.84. The second kappa shape index (κ2) is 6.99. The van der Waals surface area contributed by atoms with E-state index in [-0.39, 0.29) is 6.54 Å². The molecule has 1 atom stereocenters. The van der Waals surface area contributed by atoms with Gasteiger partial charge in [-0.2, -0.15) is 13.2 Å². The molecule has 0 saturated carbocycles. The van der Waals surface area contributed by atoms with Gasteiger partial charge in [0.1, 0.15) is 0 Å². The number of halogens is 4. The molecule has 0 aliphatic carbocycles. The summed E-state index contributed by atoms with van der Waals surface area (Å²) in [7, 11) is 0. The normalized spacial score (nSPS) is 19.7. The molecule has 1 aromatic rings. The van der Waals surface area contributed by atoms with Crippen LogP contribution in [0.15, 0.2) is 24.3 Å². The highest BCUT2D eigenvalue weighted by Gasteiger charge is 2.37. The van der Waals surface area contributed by atoms with Gasteiger partial charge >= 0.3 is 6.18 Å². The Morgan fingerprint density at radius 2 is 1.76 bits per heavy atom. The van der Waals surface area contributed by atoms with E-state index in [0.29, 0.717) is 18.1 Å². The van der Waals surface area contributed by atoms with Gasteiger partial charge in [-0.05, 0) is 17.7 Å². The molecule has 0 bridgehead atoms. The molecule has 1 fully saturated rings. The molecule has 0 spiro atoms. The molecule has 0 amide bonds. The van der Waals surface area contributed by atoms with E-state index >= 15 is 0 Å². The summed E-state index contributed by atoms with van der Waals surface area (Å²) < 4.78 is 37.7.